The highest BCUT2D eigenvalue weighted by Gasteiger charge is 2.16. The van der Waals surface area contributed by atoms with Crippen LogP contribution in [0, 0.1) is 6.92 Å². The van der Waals surface area contributed by atoms with Crippen LogP contribution in [0.3, 0.4) is 0 Å². The van der Waals surface area contributed by atoms with E-state index in [1.54, 1.807) is 0 Å². The molecular weight excluding hydrogens is 242 g/mol. The van der Waals surface area contributed by atoms with Gasteiger partial charge in [0.1, 0.15) is 0 Å². The topological polar surface area (TPSA) is 48.3 Å². The second kappa shape index (κ2) is 7.50. The fourth-order valence-corrected chi connectivity index (χ4v) is 2.35. The van der Waals surface area contributed by atoms with Crippen molar-refractivity contribution in [3.63, 3.8) is 0 Å². The van der Waals surface area contributed by atoms with Crippen molar-refractivity contribution in [2.24, 2.45) is 0 Å². The number of nitrogens with zero attached hydrogens (tertiary/aromatic N) is 2. The summed E-state index contributed by atoms with van der Waals surface area (Å²) in [6.07, 6.45) is 5.77. The molecule has 1 unspecified atom stereocenters. The van der Waals surface area contributed by atoms with Gasteiger partial charge in [-0.25, -0.2) is 4.98 Å². The summed E-state index contributed by atoms with van der Waals surface area (Å²) in [6.45, 7) is 8.32. The second-order valence-electron chi connectivity index (χ2n) is 4.97. The van der Waals surface area contributed by atoms with Crippen LogP contribution in [0.1, 0.15) is 31.9 Å². The molecule has 1 aromatic heterocycles. The number of anilines is 1. The molecular formula is C14H25N3O2. The summed E-state index contributed by atoms with van der Waals surface area (Å²) in [5.74, 6) is 0.949. The Hall–Kier alpha value is -1.07. The predicted octanol–water partition coefficient (Wildman–Crippen LogP) is 2.21. The minimum absolute atomic E-state index is 0.342. The van der Waals surface area contributed by atoms with Crippen LogP contribution in [0.4, 0.5) is 5.95 Å². The number of imidazole rings is 1. The average molecular weight is 267 g/mol. The van der Waals surface area contributed by atoms with E-state index in [2.05, 4.69) is 21.1 Å². The molecule has 1 fully saturated rings. The smallest absolute Gasteiger partial charge is 0.203 e. The number of hydrogen-bond acceptors (Lipinski definition) is 4. The highest BCUT2D eigenvalue weighted by molar-refractivity contribution is 5.28. The van der Waals surface area contributed by atoms with Crippen LogP contribution in [0.2, 0.25) is 0 Å². The number of aromatic nitrogens is 2. The van der Waals surface area contributed by atoms with Crippen molar-refractivity contribution in [2.45, 2.75) is 45.8 Å². The molecule has 108 valence electrons. The van der Waals surface area contributed by atoms with Crippen LogP contribution >= 0.6 is 0 Å². The molecule has 1 saturated heterocycles. The zero-order chi connectivity index (χ0) is 13.5. The van der Waals surface area contributed by atoms with Gasteiger partial charge < -0.3 is 19.4 Å². The molecule has 1 atom stereocenters. The third-order valence-corrected chi connectivity index (χ3v) is 3.30. The first-order chi connectivity index (χ1) is 9.29. The predicted molar refractivity (Wildman–Crippen MR) is 75.5 cm³/mol. The third-order valence-electron chi connectivity index (χ3n) is 3.30. The summed E-state index contributed by atoms with van der Waals surface area (Å²) >= 11 is 0. The van der Waals surface area contributed by atoms with Crippen molar-refractivity contribution in [1.29, 1.82) is 0 Å². The Bertz CT molecular complexity index is 373. The fraction of sp³-hybridized carbons (Fsp3) is 0.786. The van der Waals surface area contributed by atoms with E-state index in [0.29, 0.717) is 6.10 Å². The molecule has 2 heterocycles. The number of rotatable bonds is 8. The molecule has 0 saturated carbocycles. The van der Waals surface area contributed by atoms with Crippen molar-refractivity contribution >= 4 is 5.95 Å². The van der Waals surface area contributed by atoms with Crippen molar-refractivity contribution < 1.29 is 9.47 Å². The van der Waals surface area contributed by atoms with Gasteiger partial charge in [-0.1, -0.05) is 0 Å². The first-order valence-corrected chi connectivity index (χ1v) is 7.26. The molecule has 0 aromatic carbocycles. The van der Waals surface area contributed by atoms with Crippen LogP contribution in [0.5, 0.6) is 0 Å². The molecule has 1 N–H and O–H groups in total. The number of ether oxygens (including phenoxy) is 2. The van der Waals surface area contributed by atoms with Crippen molar-refractivity contribution in [1.82, 2.24) is 9.55 Å². The Kier molecular flexibility index (Phi) is 5.66. The molecule has 0 bridgehead atoms. The van der Waals surface area contributed by atoms with Crippen LogP contribution in [0.15, 0.2) is 6.20 Å². The highest BCUT2D eigenvalue weighted by Crippen LogP contribution is 2.14. The van der Waals surface area contributed by atoms with Crippen molar-refractivity contribution in [3.05, 3.63) is 11.9 Å². The van der Waals surface area contributed by atoms with E-state index in [0.717, 1.165) is 57.4 Å². The molecule has 2 rings (SSSR count). The van der Waals surface area contributed by atoms with E-state index in [9.17, 15) is 0 Å². The van der Waals surface area contributed by atoms with Crippen molar-refractivity contribution in [3.8, 4) is 0 Å². The summed E-state index contributed by atoms with van der Waals surface area (Å²) < 4.78 is 13.2. The maximum absolute atomic E-state index is 5.61. The normalized spacial score (nSPS) is 18.9. The lowest BCUT2D eigenvalue weighted by Gasteiger charge is -2.13. The van der Waals surface area contributed by atoms with E-state index < -0.39 is 0 Å². The summed E-state index contributed by atoms with van der Waals surface area (Å²) in [6, 6.07) is 0. The van der Waals surface area contributed by atoms with Crippen LogP contribution in [-0.4, -0.2) is 42.0 Å². The van der Waals surface area contributed by atoms with E-state index in [1.807, 2.05) is 13.8 Å². The highest BCUT2D eigenvalue weighted by atomic mass is 16.5. The van der Waals surface area contributed by atoms with Gasteiger partial charge in [0.05, 0.1) is 11.8 Å². The van der Waals surface area contributed by atoms with Gasteiger partial charge in [-0.15, -0.1) is 0 Å². The van der Waals surface area contributed by atoms with E-state index in [1.165, 1.54) is 6.42 Å². The molecule has 0 aliphatic carbocycles. The summed E-state index contributed by atoms with van der Waals surface area (Å²) in [7, 11) is 0. The number of nitrogens with one attached hydrogen (secondary N) is 1. The maximum atomic E-state index is 5.61. The van der Waals surface area contributed by atoms with Gasteiger partial charge in [0.15, 0.2) is 0 Å². The van der Waals surface area contributed by atoms with Gasteiger partial charge >= 0.3 is 0 Å². The van der Waals surface area contributed by atoms with E-state index in [4.69, 9.17) is 9.47 Å². The van der Waals surface area contributed by atoms with Crippen LogP contribution < -0.4 is 5.32 Å². The summed E-state index contributed by atoms with van der Waals surface area (Å²) in [4.78, 5) is 4.53. The van der Waals surface area contributed by atoms with Crippen molar-refractivity contribution in [2.75, 3.05) is 31.7 Å². The maximum Gasteiger partial charge on any atom is 0.203 e. The molecule has 1 aromatic rings. The minimum atomic E-state index is 0.342. The Morgan fingerprint density at radius 1 is 1.58 bits per heavy atom. The summed E-state index contributed by atoms with van der Waals surface area (Å²) in [5, 5.41) is 3.40. The van der Waals surface area contributed by atoms with Gasteiger partial charge in [0.25, 0.3) is 0 Å². The molecule has 1 aliphatic rings. The Morgan fingerprint density at radius 2 is 2.47 bits per heavy atom. The van der Waals surface area contributed by atoms with Gasteiger partial charge in [-0.2, -0.15) is 0 Å². The molecule has 19 heavy (non-hydrogen) atoms. The Balaban J connectivity index is 1.80. The molecule has 0 spiro atoms. The lowest BCUT2D eigenvalue weighted by Crippen LogP contribution is -2.20. The third kappa shape index (κ3) is 4.51. The Morgan fingerprint density at radius 3 is 3.21 bits per heavy atom. The molecule has 5 nitrogen and oxygen atoms in total. The van der Waals surface area contributed by atoms with Gasteiger partial charge in [0.2, 0.25) is 5.95 Å². The zero-order valence-electron chi connectivity index (χ0n) is 12.0. The van der Waals surface area contributed by atoms with Gasteiger partial charge in [-0.3, -0.25) is 0 Å². The molecule has 0 radical (unpaired) electrons. The second-order valence-corrected chi connectivity index (χ2v) is 4.97. The lowest BCUT2D eigenvalue weighted by atomic mass is 10.2. The fourth-order valence-electron chi connectivity index (χ4n) is 2.35. The zero-order valence-corrected chi connectivity index (χ0v) is 12.0. The number of aryl methyl sites for hydroxylation is 2. The first-order valence-electron chi connectivity index (χ1n) is 7.26. The summed E-state index contributed by atoms with van der Waals surface area (Å²) in [5.41, 5.74) is 1.05. The number of hydrogen-bond donors (Lipinski definition) is 1. The average Bonchev–Trinajstić information content (AvgIpc) is 3.02. The van der Waals surface area contributed by atoms with Gasteiger partial charge in [0, 0.05) is 39.1 Å². The standard InChI is InChI=1S/C14H25N3O2/c1-3-18-8-5-7-17-11-12(2)16-14(17)15-10-13-6-4-9-19-13/h11,13H,3-10H2,1-2H3,(H,15,16). The molecule has 1 aliphatic heterocycles. The van der Waals surface area contributed by atoms with Gasteiger partial charge in [-0.05, 0) is 33.1 Å². The van der Waals surface area contributed by atoms with E-state index >= 15 is 0 Å². The SMILES string of the molecule is CCOCCCn1cc(C)nc1NCC1CCCO1. The van der Waals surface area contributed by atoms with Crippen LogP contribution in [0.25, 0.3) is 0 Å². The quantitative estimate of drug-likeness (QED) is 0.734. The largest absolute Gasteiger partial charge is 0.382 e. The Labute approximate surface area is 115 Å². The minimum Gasteiger partial charge on any atom is -0.382 e. The molecule has 0 amide bonds. The first kappa shape index (κ1) is 14.3. The lowest BCUT2D eigenvalue weighted by molar-refractivity contribution is 0.120. The van der Waals surface area contributed by atoms with Crippen LogP contribution in [-0.2, 0) is 16.0 Å². The van der Waals surface area contributed by atoms with E-state index in [-0.39, 0.29) is 0 Å². The molecule has 5 heteroatoms. The monoisotopic (exact) mass is 267 g/mol.